The minimum atomic E-state index is -0.143. The minimum absolute atomic E-state index is 0.143. The molecule has 1 fully saturated rings. The van der Waals surface area contributed by atoms with E-state index in [0.717, 1.165) is 24.8 Å². The molecular weight excluding hydrogens is 152 g/mol. The summed E-state index contributed by atoms with van der Waals surface area (Å²) in [5.74, 6) is 0.266. The fraction of sp³-hybridized carbons (Fsp3) is 0.700. The van der Waals surface area contributed by atoms with Crippen molar-refractivity contribution in [3.8, 4) is 0 Å². The molecule has 0 amide bonds. The summed E-state index contributed by atoms with van der Waals surface area (Å²) in [5, 5.41) is 0. The quantitative estimate of drug-likeness (QED) is 0.603. The van der Waals surface area contributed by atoms with Crippen LogP contribution in [-0.4, -0.2) is 18.5 Å². The molecule has 0 heterocycles. The lowest BCUT2D eigenvalue weighted by atomic mass is 9.96. The highest BCUT2D eigenvalue weighted by molar-refractivity contribution is 5.83. The van der Waals surface area contributed by atoms with Crippen LogP contribution in [0.1, 0.15) is 32.6 Å². The van der Waals surface area contributed by atoms with Crippen LogP contribution in [0.15, 0.2) is 12.2 Å². The Morgan fingerprint density at radius 1 is 1.67 bits per heavy atom. The van der Waals surface area contributed by atoms with Crippen molar-refractivity contribution in [1.29, 1.82) is 0 Å². The number of ketones is 1. The van der Waals surface area contributed by atoms with Crippen LogP contribution in [-0.2, 0) is 9.53 Å². The van der Waals surface area contributed by atoms with Gasteiger partial charge in [-0.15, -0.1) is 0 Å². The molecule has 2 nitrogen and oxygen atoms in total. The smallest absolute Gasteiger partial charge is 0.161 e. The van der Waals surface area contributed by atoms with Gasteiger partial charge in [0.2, 0.25) is 0 Å². The summed E-state index contributed by atoms with van der Waals surface area (Å²) in [6.45, 7) is 6.16. The van der Waals surface area contributed by atoms with Crippen LogP contribution < -0.4 is 0 Å². The maximum absolute atomic E-state index is 11.3. The predicted molar refractivity (Wildman–Crippen MR) is 48.0 cm³/mol. The standard InChI is InChI=1S/C10H16O2/c1-8(2)7-12-10-6-4-3-5-9(10)11/h10H,1,3-7H2,2H3. The second-order valence-corrected chi connectivity index (χ2v) is 3.47. The van der Waals surface area contributed by atoms with Crippen molar-refractivity contribution in [2.45, 2.75) is 38.7 Å². The Hall–Kier alpha value is -0.630. The van der Waals surface area contributed by atoms with E-state index in [1.807, 2.05) is 6.92 Å². The molecule has 1 aliphatic carbocycles. The minimum Gasteiger partial charge on any atom is -0.366 e. The third-order valence-corrected chi connectivity index (χ3v) is 2.03. The van der Waals surface area contributed by atoms with Crippen LogP contribution in [0.4, 0.5) is 0 Å². The summed E-state index contributed by atoms with van der Waals surface area (Å²) in [6.07, 6.45) is 3.60. The largest absolute Gasteiger partial charge is 0.366 e. The summed E-state index contributed by atoms with van der Waals surface area (Å²) in [4.78, 5) is 11.3. The molecular formula is C10H16O2. The summed E-state index contributed by atoms with van der Waals surface area (Å²) in [5.41, 5.74) is 0.980. The van der Waals surface area contributed by atoms with Gasteiger partial charge in [0.15, 0.2) is 5.78 Å². The van der Waals surface area contributed by atoms with Crippen LogP contribution >= 0.6 is 0 Å². The van der Waals surface area contributed by atoms with Crippen molar-refractivity contribution >= 4 is 5.78 Å². The molecule has 0 saturated heterocycles. The molecule has 1 rings (SSSR count). The Bertz CT molecular complexity index is 184. The fourth-order valence-electron chi connectivity index (χ4n) is 1.37. The van der Waals surface area contributed by atoms with Crippen LogP contribution in [0.5, 0.6) is 0 Å². The number of hydrogen-bond acceptors (Lipinski definition) is 2. The second-order valence-electron chi connectivity index (χ2n) is 3.47. The molecule has 0 aromatic rings. The Morgan fingerprint density at radius 2 is 2.42 bits per heavy atom. The number of rotatable bonds is 3. The molecule has 1 aliphatic rings. The molecule has 0 aliphatic heterocycles. The van der Waals surface area contributed by atoms with E-state index in [-0.39, 0.29) is 11.9 Å². The van der Waals surface area contributed by atoms with E-state index in [4.69, 9.17) is 4.74 Å². The first-order chi connectivity index (χ1) is 5.70. The number of ether oxygens (including phenoxy) is 1. The molecule has 1 unspecified atom stereocenters. The third kappa shape index (κ3) is 2.78. The topological polar surface area (TPSA) is 26.3 Å². The van der Waals surface area contributed by atoms with Crippen molar-refractivity contribution in [3.05, 3.63) is 12.2 Å². The van der Waals surface area contributed by atoms with Crippen molar-refractivity contribution in [2.75, 3.05) is 6.61 Å². The van der Waals surface area contributed by atoms with Crippen LogP contribution in [0, 0.1) is 0 Å². The normalized spacial score (nSPS) is 24.1. The molecule has 0 bridgehead atoms. The summed E-state index contributed by atoms with van der Waals surface area (Å²) in [7, 11) is 0. The Balaban J connectivity index is 2.29. The van der Waals surface area contributed by atoms with E-state index in [1.54, 1.807) is 0 Å². The SMILES string of the molecule is C=C(C)COC1CCCCC1=O. The molecule has 12 heavy (non-hydrogen) atoms. The number of hydrogen-bond donors (Lipinski definition) is 0. The summed E-state index contributed by atoms with van der Waals surface area (Å²) >= 11 is 0. The first-order valence-corrected chi connectivity index (χ1v) is 4.49. The van der Waals surface area contributed by atoms with E-state index >= 15 is 0 Å². The monoisotopic (exact) mass is 168 g/mol. The summed E-state index contributed by atoms with van der Waals surface area (Å²) in [6, 6.07) is 0. The highest BCUT2D eigenvalue weighted by Crippen LogP contribution is 2.17. The maximum Gasteiger partial charge on any atom is 0.161 e. The molecule has 1 atom stereocenters. The Kier molecular flexibility index (Phi) is 3.48. The number of Topliss-reactive ketones (excluding diaryl/α,β-unsaturated/α-hetero) is 1. The maximum atomic E-state index is 11.3. The zero-order valence-corrected chi connectivity index (χ0v) is 7.64. The molecule has 0 aromatic heterocycles. The van der Waals surface area contributed by atoms with Gasteiger partial charge in [-0.25, -0.2) is 0 Å². The van der Waals surface area contributed by atoms with Crippen LogP contribution in [0.2, 0.25) is 0 Å². The van der Waals surface area contributed by atoms with E-state index in [9.17, 15) is 4.79 Å². The van der Waals surface area contributed by atoms with Crippen molar-refractivity contribution in [1.82, 2.24) is 0 Å². The lowest BCUT2D eigenvalue weighted by Gasteiger charge is -2.20. The van der Waals surface area contributed by atoms with Gasteiger partial charge in [0.25, 0.3) is 0 Å². The Labute approximate surface area is 73.6 Å². The molecule has 2 heteroatoms. The fourth-order valence-corrected chi connectivity index (χ4v) is 1.37. The Morgan fingerprint density at radius 3 is 3.00 bits per heavy atom. The van der Waals surface area contributed by atoms with Gasteiger partial charge in [0.05, 0.1) is 6.61 Å². The van der Waals surface area contributed by atoms with E-state index < -0.39 is 0 Å². The molecule has 0 radical (unpaired) electrons. The van der Waals surface area contributed by atoms with Gasteiger partial charge in [-0.2, -0.15) is 0 Å². The molecule has 0 spiro atoms. The second kappa shape index (κ2) is 4.41. The predicted octanol–water partition coefficient (Wildman–Crippen LogP) is 2.09. The van der Waals surface area contributed by atoms with Crippen molar-refractivity contribution in [3.63, 3.8) is 0 Å². The first kappa shape index (κ1) is 9.46. The van der Waals surface area contributed by atoms with Gasteiger partial charge in [0.1, 0.15) is 6.10 Å². The van der Waals surface area contributed by atoms with Gasteiger partial charge < -0.3 is 4.74 Å². The van der Waals surface area contributed by atoms with Gasteiger partial charge in [0, 0.05) is 6.42 Å². The number of carbonyl (C=O) groups excluding carboxylic acids is 1. The molecule has 0 aromatic carbocycles. The van der Waals surface area contributed by atoms with Crippen LogP contribution in [0.3, 0.4) is 0 Å². The molecule has 68 valence electrons. The number of carbonyl (C=O) groups is 1. The molecule has 0 N–H and O–H groups in total. The van der Waals surface area contributed by atoms with Crippen molar-refractivity contribution in [2.24, 2.45) is 0 Å². The molecule has 1 saturated carbocycles. The summed E-state index contributed by atoms with van der Waals surface area (Å²) < 4.78 is 5.41. The lowest BCUT2D eigenvalue weighted by Crippen LogP contribution is -2.28. The first-order valence-electron chi connectivity index (χ1n) is 4.49. The van der Waals surface area contributed by atoms with Gasteiger partial charge in [-0.1, -0.05) is 12.2 Å². The highest BCUT2D eigenvalue weighted by Gasteiger charge is 2.22. The van der Waals surface area contributed by atoms with Crippen molar-refractivity contribution < 1.29 is 9.53 Å². The highest BCUT2D eigenvalue weighted by atomic mass is 16.5. The zero-order chi connectivity index (χ0) is 8.97. The van der Waals surface area contributed by atoms with E-state index in [0.29, 0.717) is 13.0 Å². The van der Waals surface area contributed by atoms with Gasteiger partial charge in [-0.3, -0.25) is 4.79 Å². The average molecular weight is 168 g/mol. The lowest BCUT2D eigenvalue weighted by molar-refractivity contribution is -0.132. The third-order valence-electron chi connectivity index (χ3n) is 2.03. The average Bonchev–Trinajstić information content (AvgIpc) is 2.03. The van der Waals surface area contributed by atoms with Gasteiger partial charge in [-0.05, 0) is 26.2 Å². The van der Waals surface area contributed by atoms with E-state index in [2.05, 4.69) is 6.58 Å². The van der Waals surface area contributed by atoms with Gasteiger partial charge >= 0.3 is 0 Å². The van der Waals surface area contributed by atoms with E-state index in [1.165, 1.54) is 0 Å². The van der Waals surface area contributed by atoms with Crippen LogP contribution in [0.25, 0.3) is 0 Å². The zero-order valence-electron chi connectivity index (χ0n) is 7.64.